The number of H-pyrrole nitrogens is 1. The van der Waals surface area contributed by atoms with Crippen molar-refractivity contribution in [3.8, 4) is 17.2 Å². The molecular formula is C43H49ClN4O7. The number of unbranched alkanes of at least 4 members (excludes halogenated alkanes) is 1. The van der Waals surface area contributed by atoms with Gasteiger partial charge in [0.05, 0.1) is 31.2 Å². The number of likely N-dealkylation sites (N-methyl/N-ethyl adjacent to an activating group) is 1. The molecule has 5 aromatic rings. The van der Waals surface area contributed by atoms with E-state index in [9.17, 15) is 19.5 Å². The number of phenolic OH excluding ortho intramolecular Hbond substituents is 1. The Morgan fingerprint density at radius 3 is 2.07 bits per heavy atom. The minimum atomic E-state index is -0.498. The van der Waals surface area contributed by atoms with Gasteiger partial charge >= 0.3 is 5.69 Å². The molecule has 1 fully saturated rings. The number of aryl methyl sites for hydroxylation is 1. The number of halogens is 1. The Morgan fingerprint density at radius 1 is 0.891 bits per heavy atom. The maximum atomic E-state index is 13.3. The molecule has 1 aromatic heterocycles. The van der Waals surface area contributed by atoms with Crippen molar-refractivity contribution in [3.05, 3.63) is 135 Å². The Bertz CT molecular complexity index is 2120. The summed E-state index contributed by atoms with van der Waals surface area (Å²) < 4.78 is 18.8. The number of phenols is 1. The molecule has 55 heavy (non-hydrogen) atoms. The van der Waals surface area contributed by atoms with Crippen molar-refractivity contribution < 1.29 is 24.1 Å². The Morgan fingerprint density at radius 2 is 1.49 bits per heavy atom. The van der Waals surface area contributed by atoms with Gasteiger partial charge in [-0.2, -0.15) is 0 Å². The van der Waals surface area contributed by atoms with Crippen LogP contribution in [0.25, 0.3) is 17.0 Å². The van der Waals surface area contributed by atoms with Crippen molar-refractivity contribution in [2.75, 3.05) is 45.3 Å². The molecule has 12 heteroatoms. The summed E-state index contributed by atoms with van der Waals surface area (Å²) in [5, 5.41) is 10.5. The summed E-state index contributed by atoms with van der Waals surface area (Å²) in [6, 6.07) is 29.1. The number of aromatic hydroxyl groups is 1. The fourth-order valence-electron chi connectivity index (χ4n) is 7.08. The highest BCUT2D eigenvalue weighted by Crippen LogP contribution is 2.37. The zero-order valence-electron chi connectivity index (χ0n) is 31.5. The SMILES string of the molecule is CCN(C(=O)C=Cc1cc(OC)c(O)c(OC)c1)c1ccc2c(c1)c(=O)[nH]c(=O)n2CCCCN1CCC(OC(c2ccccc2)c2ccccc2)CC1.Cl. The molecule has 2 N–H and O–H groups in total. The smallest absolute Gasteiger partial charge is 0.328 e. The summed E-state index contributed by atoms with van der Waals surface area (Å²) in [7, 11) is 2.87. The van der Waals surface area contributed by atoms with E-state index in [2.05, 4.69) is 58.4 Å². The van der Waals surface area contributed by atoms with Crippen molar-refractivity contribution in [2.24, 2.45) is 0 Å². The van der Waals surface area contributed by atoms with Crippen LogP contribution in [0.5, 0.6) is 17.2 Å². The summed E-state index contributed by atoms with van der Waals surface area (Å²) in [5.74, 6) is -0.000588. The predicted molar refractivity (Wildman–Crippen MR) is 219 cm³/mol. The van der Waals surface area contributed by atoms with Crippen LogP contribution in [-0.2, 0) is 16.1 Å². The van der Waals surface area contributed by atoms with E-state index in [1.165, 1.54) is 25.2 Å². The van der Waals surface area contributed by atoms with Crippen LogP contribution < -0.4 is 25.6 Å². The monoisotopic (exact) mass is 768 g/mol. The van der Waals surface area contributed by atoms with Crippen LogP contribution in [0.15, 0.2) is 107 Å². The molecule has 11 nitrogen and oxygen atoms in total. The van der Waals surface area contributed by atoms with Crippen LogP contribution in [0.1, 0.15) is 55.4 Å². The molecule has 0 atom stereocenters. The number of amides is 1. The fraction of sp³-hybridized carbons (Fsp3) is 0.326. The van der Waals surface area contributed by atoms with E-state index in [-0.39, 0.29) is 47.8 Å². The molecule has 0 spiro atoms. The van der Waals surface area contributed by atoms with Gasteiger partial charge in [0.2, 0.25) is 5.75 Å². The number of rotatable bonds is 15. The largest absolute Gasteiger partial charge is 0.502 e. The lowest BCUT2D eigenvalue weighted by Gasteiger charge is -2.34. The van der Waals surface area contributed by atoms with Gasteiger partial charge in [0, 0.05) is 37.9 Å². The van der Waals surface area contributed by atoms with Crippen molar-refractivity contribution in [3.63, 3.8) is 0 Å². The van der Waals surface area contributed by atoms with Crippen LogP contribution >= 0.6 is 12.4 Å². The standard InChI is InChI=1S/C43H48N4O7.ClH/c1-4-46(39(48)20-17-30-27-37(52-2)40(49)38(28-30)53-3)33-18-19-36-35(29-33)42(50)44-43(51)47(36)24-12-11-23-45-25-21-34(22-26-45)54-41(31-13-7-5-8-14-31)32-15-9-6-10-16-32;/h5-10,13-20,27-29,34,41,49H,4,11-12,21-26H2,1-3H3,(H,44,50,51);1H. The van der Waals surface area contributed by atoms with Gasteiger partial charge in [-0.25, -0.2) is 4.79 Å². The highest BCUT2D eigenvalue weighted by Gasteiger charge is 2.25. The molecule has 1 aliphatic rings. The third kappa shape index (κ3) is 9.85. The lowest BCUT2D eigenvalue weighted by atomic mass is 10.00. The molecular weight excluding hydrogens is 720 g/mol. The number of hydrogen-bond donors (Lipinski definition) is 2. The van der Waals surface area contributed by atoms with Gasteiger partial charge in [0.15, 0.2) is 11.5 Å². The average Bonchev–Trinajstić information content (AvgIpc) is 3.20. The van der Waals surface area contributed by atoms with Gasteiger partial charge in [0.1, 0.15) is 6.10 Å². The third-order valence-electron chi connectivity index (χ3n) is 9.97. The molecule has 0 bridgehead atoms. The summed E-state index contributed by atoms with van der Waals surface area (Å²) in [6.07, 6.45) is 6.66. The molecule has 1 saturated heterocycles. The minimum absolute atomic E-state index is 0. The normalized spacial score (nSPS) is 13.6. The van der Waals surface area contributed by atoms with E-state index in [1.54, 1.807) is 41.0 Å². The number of likely N-dealkylation sites (tertiary alicyclic amines) is 1. The van der Waals surface area contributed by atoms with Crippen molar-refractivity contribution in [2.45, 2.75) is 51.4 Å². The maximum absolute atomic E-state index is 13.3. The van der Waals surface area contributed by atoms with Gasteiger partial charge < -0.3 is 29.1 Å². The van der Waals surface area contributed by atoms with Gasteiger partial charge in [-0.05, 0) is 92.2 Å². The summed E-state index contributed by atoms with van der Waals surface area (Å²) in [4.78, 5) is 45.8. The molecule has 0 saturated carbocycles. The Labute approximate surface area is 327 Å². The highest BCUT2D eigenvalue weighted by molar-refractivity contribution is 6.04. The van der Waals surface area contributed by atoms with Crippen LogP contribution in [0.3, 0.4) is 0 Å². The number of hydrogen-bond acceptors (Lipinski definition) is 8. The lowest BCUT2D eigenvalue weighted by Crippen LogP contribution is -2.38. The number of carbonyl (C=O) groups excluding carboxylic acids is 1. The highest BCUT2D eigenvalue weighted by atomic mass is 35.5. The zero-order chi connectivity index (χ0) is 38.0. The second kappa shape index (κ2) is 19.3. The maximum Gasteiger partial charge on any atom is 0.328 e. The number of carbonyl (C=O) groups is 1. The molecule has 0 unspecified atom stereocenters. The summed E-state index contributed by atoms with van der Waals surface area (Å²) >= 11 is 0. The summed E-state index contributed by atoms with van der Waals surface area (Å²) in [5.41, 5.74) is 3.02. The number of anilines is 1. The average molecular weight is 769 g/mol. The van der Waals surface area contributed by atoms with E-state index < -0.39 is 11.2 Å². The Balaban J connectivity index is 0.00000580. The third-order valence-corrected chi connectivity index (χ3v) is 9.97. The van der Waals surface area contributed by atoms with Crippen LogP contribution in [0.2, 0.25) is 0 Å². The second-order valence-corrected chi connectivity index (χ2v) is 13.4. The Hall–Kier alpha value is -5.36. The van der Waals surface area contributed by atoms with Gasteiger partial charge in [-0.3, -0.25) is 19.1 Å². The van der Waals surface area contributed by atoms with E-state index >= 15 is 0 Å². The van der Waals surface area contributed by atoms with Crippen LogP contribution in [-0.4, -0.2) is 72.0 Å². The molecule has 0 radical (unpaired) electrons. The van der Waals surface area contributed by atoms with E-state index in [1.807, 2.05) is 19.1 Å². The van der Waals surface area contributed by atoms with Crippen molar-refractivity contribution in [1.29, 1.82) is 0 Å². The molecule has 1 aliphatic heterocycles. The van der Waals surface area contributed by atoms with Gasteiger partial charge in [0.25, 0.3) is 11.5 Å². The fourth-order valence-corrected chi connectivity index (χ4v) is 7.08. The molecule has 2 heterocycles. The first-order chi connectivity index (χ1) is 26.3. The van der Waals surface area contributed by atoms with Crippen molar-refractivity contribution in [1.82, 2.24) is 14.5 Å². The number of fused-ring (bicyclic) bond motifs is 1. The van der Waals surface area contributed by atoms with Crippen LogP contribution in [0.4, 0.5) is 5.69 Å². The zero-order valence-corrected chi connectivity index (χ0v) is 32.3. The first kappa shape index (κ1) is 40.8. The van der Waals surface area contributed by atoms with Crippen molar-refractivity contribution >= 4 is 41.0 Å². The first-order valence-electron chi connectivity index (χ1n) is 18.5. The first-order valence-corrected chi connectivity index (χ1v) is 18.5. The van der Waals surface area contributed by atoms with E-state index in [0.717, 1.165) is 56.4 Å². The van der Waals surface area contributed by atoms with Gasteiger partial charge in [-0.15, -0.1) is 12.4 Å². The van der Waals surface area contributed by atoms with Crippen LogP contribution in [0, 0.1) is 0 Å². The predicted octanol–water partition coefficient (Wildman–Crippen LogP) is 6.95. The quantitative estimate of drug-likeness (QED) is 0.0866. The van der Waals surface area contributed by atoms with E-state index in [4.69, 9.17) is 14.2 Å². The number of nitrogens with zero attached hydrogens (tertiary/aromatic N) is 3. The Kier molecular flexibility index (Phi) is 14.3. The summed E-state index contributed by atoms with van der Waals surface area (Å²) in [6.45, 7) is 5.46. The number of aromatic nitrogens is 2. The number of piperidine rings is 1. The van der Waals surface area contributed by atoms with E-state index in [0.29, 0.717) is 35.2 Å². The molecule has 1 amide bonds. The number of aromatic amines is 1. The lowest BCUT2D eigenvalue weighted by molar-refractivity contribution is -0.114. The number of methoxy groups -OCH3 is 2. The topological polar surface area (TPSA) is 126 Å². The number of nitrogens with one attached hydrogen (secondary N) is 1. The molecule has 6 rings (SSSR count). The second-order valence-electron chi connectivity index (χ2n) is 13.4. The number of ether oxygens (including phenoxy) is 3. The molecule has 4 aromatic carbocycles. The van der Waals surface area contributed by atoms with Gasteiger partial charge in [-0.1, -0.05) is 60.7 Å². The molecule has 290 valence electrons. The minimum Gasteiger partial charge on any atom is -0.502 e. The number of benzene rings is 4. The molecule has 0 aliphatic carbocycles.